The van der Waals surface area contributed by atoms with Crippen molar-refractivity contribution in [3.05, 3.63) is 59.9 Å². The summed E-state index contributed by atoms with van der Waals surface area (Å²) < 4.78 is 8.52. The summed E-state index contributed by atoms with van der Waals surface area (Å²) in [4.78, 5) is 20.0. The number of carbonyl (C=O) groups is 1. The summed E-state index contributed by atoms with van der Waals surface area (Å²) in [5.41, 5.74) is 3.43. The van der Waals surface area contributed by atoms with Gasteiger partial charge in [0.1, 0.15) is 11.6 Å². The van der Waals surface area contributed by atoms with E-state index in [1.165, 1.54) is 18.4 Å². The van der Waals surface area contributed by atoms with Crippen LogP contribution in [-0.2, 0) is 11.3 Å². The summed E-state index contributed by atoms with van der Waals surface area (Å²) in [5.74, 6) is 2.96. The van der Waals surface area contributed by atoms with E-state index in [9.17, 15) is 4.79 Å². The van der Waals surface area contributed by atoms with Gasteiger partial charge in [0, 0.05) is 31.5 Å². The number of fused-ring (bicyclic) bond motifs is 1. The number of ether oxygens (including phenoxy) is 1. The van der Waals surface area contributed by atoms with Crippen molar-refractivity contribution in [3.8, 4) is 5.75 Å². The maximum atomic E-state index is 12.8. The quantitative estimate of drug-likeness (QED) is 0.406. The van der Waals surface area contributed by atoms with Crippen LogP contribution in [-0.4, -0.2) is 39.6 Å². The molecule has 2 aliphatic rings. The average Bonchev–Trinajstić information content (AvgIpc) is 3.55. The number of amides is 1. The third-order valence-corrected chi connectivity index (χ3v) is 7.30. The molecular weight excluding hydrogens is 410 g/mol. The van der Waals surface area contributed by atoms with E-state index >= 15 is 0 Å². The second-order valence-electron chi connectivity index (χ2n) is 9.89. The van der Waals surface area contributed by atoms with E-state index < -0.39 is 0 Å². The molecule has 1 aliphatic heterocycles. The zero-order valence-electron chi connectivity index (χ0n) is 19.9. The van der Waals surface area contributed by atoms with E-state index in [1.807, 2.05) is 12.1 Å². The number of carbonyl (C=O) groups excluding carboxylic acids is 1. The molecule has 2 aromatic carbocycles. The first-order chi connectivity index (χ1) is 16.1. The number of aryl methyl sites for hydroxylation is 1. The molecule has 1 saturated heterocycles. The molecule has 0 spiro atoms. The molecule has 1 saturated carbocycles. The number of hydrogen-bond acceptors (Lipinski definition) is 3. The summed E-state index contributed by atoms with van der Waals surface area (Å²) in [7, 11) is 0. The second-order valence-corrected chi connectivity index (χ2v) is 9.89. The Morgan fingerprint density at radius 3 is 2.64 bits per heavy atom. The Kier molecular flexibility index (Phi) is 6.39. The van der Waals surface area contributed by atoms with Crippen molar-refractivity contribution in [3.63, 3.8) is 0 Å². The van der Waals surface area contributed by atoms with Gasteiger partial charge in [0.15, 0.2) is 0 Å². The predicted molar refractivity (Wildman–Crippen MR) is 132 cm³/mol. The lowest BCUT2D eigenvalue weighted by atomic mass is 10.0. The van der Waals surface area contributed by atoms with Gasteiger partial charge in [-0.25, -0.2) is 4.98 Å². The lowest BCUT2D eigenvalue weighted by molar-refractivity contribution is -0.129. The molecule has 0 N–H and O–H groups in total. The van der Waals surface area contributed by atoms with Crippen molar-refractivity contribution < 1.29 is 9.53 Å². The number of hydrogen-bond donors (Lipinski definition) is 0. The number of rotatable bonds is 8. The van der Waals surface area contributed by atoms with E-state index in [0.717, 1.165) is 55.0 Å². The van der Waals surface area contributed by atoms with Crippen molar-refractivity contribution in [1.29, 1.82) is 0 Å². The number of para-hydroxylation sites is 3. The van der Waals surface area contributed by atoms with E-state index in [4.69, 9.17) is 9.72 Å². The summed E-state index contributed by atoms with van der Waals surface area (Å²) in [5, 5.41) is 0. The lowest BCUT2D eigenvalue weighted by Crippen LogP contribution is -2.34. The predicted octanol–water partition coefficient (Wildman–Crippen LogP) is 5.89. The zero-order chi connectivity index (χ0) is 22.8. The molecule has 5 rings (SSSR count). The van der Waals surface area contributed by atoms with Crippen molar-refractivity contribution in [2.24, 2.45) is 0 Å². The largest absolute Gasteiger partial charge is 0.493 e. The van der Waals surface area contributed by atoms with Crippen LogP contribution in [0, 0.1) is 0 Å². The Balaban J connectivity index is 1.31. The van der Waals surface area contributed by atoms with Crippen molar-refractivity contribution in [2.45, 2.75) is 76.8 Å². The standard InChI is InChI=1S/C28H35N3O2/c1-20(2)23-12-5-8-15-26(23)33-17-9-16-30-25-14-7-6-13-24(25)29-28(30)21-18-27(32)31(19-21)22-10-3-4-11-22/h5-8,12-15,20-22H,3-4,9-11,16-19H2,1-2H3. The monoisotopic (exact) mass is 445 g/mol. The van der Waals surface area contributed by atoms with Gasteiger partial charge in [-0.3, -0.25) is 4.79 Å². The smallest absolute Gasteiger partial charge is 0.223 e. The van der Waals surface area contributed by atoms with Crippen LogP contribution in [0.2, 0.25) is 0 Å². The van der Waals surface area contributed by atoms with Crippen LogP contribution in [0.15, 0.2) is 48.5 Å². The summed E-state index contributed by atoms with van der Waals surface area (Å²) in [6.45, 7) is 6.71. The third-order valence-electron chi connectivity index (χ3n) is 7.30. The molecule has 1 aliphatic carbocycles. The fourth-order valence-electron chi connectivity index (χ4n) is 5.61. The molecule has 1 unspecified atom stereocenters. The Labute approximate surface area is 196 Å². The molecule has 1 aromatic heterocycles. The SMILES string of the molecule is CC(C)c1ccccc1OCCCn1c(C2CC(=O)N(C3CCCC3)C2)nc2ccccc21. The van der Waals surface area contributed by atoms with E-state index in [-0.39, 0.29) is 5.92 Å². The first-order valence-electron chi connectivity index (χ1n) is 12.6. The Hall–Kier alpha value is -2.82. The van der Waals surface area contributed by atoms with Crippen LogP contribution >= 0.6 is 0 Å². The Morgan fingerprint density at radius 2 is 1.82 bits per heavy atom. The van der Waals surface area contributed by atoms with Crippen molar-refractivity contribution in [1.82, 2.24) is 14.5 Å². The van der Waals surface area contributed by atoms with Gasteiger partial charge in [0.05, 0.1) is 17.6 Å². The first kappa shape index (κ1) is 22.0. The van der Waals surface area contributed by atoms with E-state index in [2.05, 4.69) is 59.7 Å². The molecular formula is C28H35N3O2. The molecule has 5 heteroatoms. The van der Waals surface area contributed by atoms with Gasteiger partial charge < -0.3 is 14.2 Å². The highest BCUT2D eigenvalue weighted by molar-refractivity contribution is 5.81. The number of likely N-dealkylation sites (tertiary alicyclic amines) is 1. The van der Waals surface area contributed by atoms with Crippen LogP contribution in [0.3, 0.4) is 0 Å². The molecule has 0 radical (unpaired) electrons. The molecule has 33 heavy (non-hydrogen) atoms. The van der Waals surface area contributed by atoms with Gasteiger partial charge >= 0.3 is 0 Å². The van der Waals surface area contributed by atoms with Crippen LogP contribution in [0.1, 0.15) is 75.6 Å². The average molecular weight is 446 g/mol. The number of aromatic nitrogens is 2. The minimum absolute atomic E-state index is 0.174. The number of imidazole rings is 1. The minimum Gasteiger partial charge on any atom is -0.493 e. The maximum absolute atomic E-state index is 12.8. The van der Waals surface area contributed by atoms with Crippen molar-refractivity contribution in [2.75, 3.05) is 13.2 Å². The second kappa shape index (κ2) is 9.58. The van der Waals surface area contributed by atoms with Crippen LogP contribution in [0.5, 0.6) is 5.75 Å². The minimum atomic E-state index is 0.174. The fraction of sp³-hybridized carbons (Fsp3) is 0.500. The molecule has 1 atom stereocenters. The highest BCUT2D eigenvalue weighted by atomic mass is 16.5. The zero-order valence-corrected chi connectivity index (χ0v) is 19.9. The van der Waals surface area contributed by atoms with Gasteiger partial charge in [-0.2, -0.15) is 0 Å². The van der Waals surface area contributed by atoms with Gasteiger partial charge in [-0.15, -0.1) is 0 Å². The normalized spacial score (nSPS) is 19.3. The van der Waals surface area contributed by atoms with Gasteiger partial charge in [-0.05, 0) is 48.9 Å². The molecule has 2 fully saturated rings. The fourth-order valence-corrected chi connectivity index (χ4v) is 5.61. The van der Waals surface area contributed by atoms with Crippen molar-refractivity contribution >= 4 is 16.9 Å². The Morgan fingerprint density at radius 1 is 1.06 bits per heavy atom. The topological polar surface area (TPSA) is 47.4 Å². The highest BCUT2D eigenvalue weighted by Crippen LogP contribution is 2.35. The van der Waals surface area contributed by atoms with E-state index in [1.54, 1.807) is 0 Å². The molecule has 5 nitrogen and oxygen atoms in total. The van der Waals surface area contributed by atoms with Gasteiger partial charge in [0.25, 0.3) is 0 Å². The Bertz CT molecular complexity index is 1110. The van der Waals surface area contributed by atoms with E-state index in [0.29, 0.717) is 30.9 Å². The van der Waals surface area contributed by atoms with Gasteiger partial charge in [0.2, 0.25) is 5.91 Å². The summed E-state index contributed by atoms with van der Waals surface area (Å²) in [6.07, 6.45) is 6.29. The van der Waals surface area contributed by atoms with Crippen LogP contribution < -0.4 is 4.74 Å². The highest BCUT2D eigenvalue weighted by Gasteiger charge is 2.38. The molecule has 2 heterocycles. The molecule has 3 aromatic rings. The number of nitrogens with zero attached hydrogens (tertiary/aromatic N) is 3. The first-order valence-corrected chi connectivity index (χ1v) is 12.6. The summed E-state index contributed by atoms with van der Waals surface area (Å²) in [6, 6.07) is 17.1. The third kappa shape index (κ3) is 4.50. The maximum Gasteiger partial charge on any atom is 0.223 e. The summed E-state index contributed by atoms with van der Waals surface area (Å²) >= 11 is 0. The molecule has 174 valence electrons. The lowest BCUT2D eigenvalue weighted by Gasteiger charge is -2.24. The molecule has 0 bridgehead atoms. The van der Waals surface area contributed by atoms with Crippen LogP contribution in [0.4, 0.5) is 0 Å². The number of benzene rings is 2. The van der Waals surface area contributed by atoms with Gasteiger partial charge in [-0.1, -0.05) is 57.0 Å². The molecule has 1 amide bonds. The van der Waals surface area contributed by atoms with Crippen LogP contribution in [0.25, 0.3) is 11.0 Å².